The number of aromatic hydroxyl groups is 1. The van der Waals surface area contributed by atoms with E-state index in [4.69, 9.17) is 0 Å². The van der Waals surface area contributed by atoms with E-state index in [2.05, 4.69) is 18.3 Å². The maximum atomic E-state index is 9.72. The molecule has 1 aromatic carbocycles. The molecule has 0 amide bonds. The van der Waals surface area contributed by atoms with Crippen molar-refractivity contribution >= 4 is 11.8 Å². The van der Waals surface area contributed by atoms with Crippen molar-refractivity contribution < 1.29 is 5.11 Å². The first-order valence-electron chi connectivity index (χ1n) is 5.85. The lowest BCUT2D eigenvalue weighted by Crippen LogP contribution is -2.33. The molecule has 2 rings (SSSR count). The number of thioether (sulfide) groups is 1. The molecule has 1 saturated heterocycles. The second-order valence-electron chi connectivity index (χ2n) is 4.43. The van der Waals surface area contributed by atoms with Crippen LogP contribution in [-0.4, -0.2) is 22.7 Å². The van der Waals surface area contributed by atoms with Gasteiger partial charge >= 0.3 is 0 Å². The highest BCUT2D eigenvalue weighted by Crippen LogP contribution is 2.20. The minimum atomic E-state index is 0.404. The van der Waals surface area contributed by atoms with E-state index in [-0.39, 0.29) is 0 Å². The highest BCUT2D eigenvalue weighted by Gasteiger charge is 2.13. The van der Waals surface area contributed by atoms with Crippen LogP contribution in [0.15, 0.2) is 18.2 Å². The Morgan fingerprint density at radius 3 is 3.12 bits per heavy atom. The van der Waals surface area contributed by atoms with Gasteiger partial charge in [-0.15, -0.1) is 0 Å². The Morgan fingerprint density at radius 1 is 1.50 bits per heavy atom. The lowest BCUT2D eigenvalue weighted by Gasteiger charge is -2.22. The van der Waals surface area contributed by atoms with E-state index in [1.165, 1.54) is 29.9 Å². The molecule has 0 saturated carbocycles. The fourth-order valence-electron chi connectivity index (χ4n) is 2.01. The van der Waals surface area contributed by atoms with E-state index in [0.29, 0.717) is 11.8 Å². The van der Waals surface area contributed by atoms with Crippen LogP contribution in [0.2, 0.25) is 0 Å². The first-order chi connectivity index (χ1) is 7.75. The zero-order valence-electron chi connectivity index (χ0n) is 9.70. The van der Waals surface area contributed by atoms with Crippen LogP contribution in [0.5, 0.6) is 5.75 Å². The molecule has 1 aromatic rings. The van der Waals surface area contributed by atoms with Gasteiger partial charge in [0.1, 0.15) is 5.75 Å². The first-order valence-corrected chi connectivity index (χ1v) is 7.01. The third-order valence-corrected chi connectivity index (χ3v) is 4.19. The molecule has 1 heterocycles. The highest BCUT2D eigenvalue weighted by molar-refractivity contribution is 7.99. The van der Waals surface area contributed by atoms with Crippen molar-refractivity contribution in [2.45, 2.75) is 32.4 Å². The summed E-state index contributed by atoms with van der Waals surface area (Å²) < 4.78 is 0. The number of nitrogens with one attached hydrogen (secondary N) is 1. The van der Waals surface area contributed by atoms with Gasteiger partial charge in [0.05, 0.1) is 0 Å². The van der Waals surface area contributed by atoms with E-state index in [9.17, 15) is 5.11 Å². The van der Waals surface area contributed by atoms with Gasteiger partial charge in [0.25, 0.3) is 0 Å². The van der Waals surface area contributed by atoms with Crippen LogP contribution in [0.4, 0.5) is 0 Å². The molecule has 0 radical (unpaired) electrons. The van der Waals surface area contributed by atoms with Crippen molar-refractivity contribution in [3.63, 3.8) is 0 Å². The second kappa shape index (κ2) is 5.60. The molecule has 0 aromatic heterocycles. The molecule has 1 unspecified atom stereocenters. The number of phenolic OH excluding ortho intramolecular Hbond substituents is 1. The molecule has 0 aliphatic carbocycles. The van der Waals surface area contributed by atoms with E-state index in [1.54, 1.807) is 6.07 Å². The molecule has 0 bridgehead atoms. The third-order valence-electron chi connectivity index (χ3n) is 2.98. The molecule has 1 fully saturated rings. The van der Waals surface area contributed by atoms with Crippen molar-refractivity contribution in [1.29, 1.82) is 0 Å². The summed E-state index contributed by atoms with van der Waals surface area (Å²) in [6.45, 7) is 2.83. The molecule has 1 aliphatic heterocycles. The number of benzene rings is 1. The van der Waals surface area contributed by atoms with Crippen LogP contribution in [0.3, 0.4) is 0 Å². The summed E-state index contributed by atoms with van der Waals surface area (Å²) >= 11 is 2.02. The monoisotopic (exact) mass is 237 g/mol. The molecular formula is C13H19NOS. The number of phenols is 1. The summed E-state index contributed by atoms with van der Waals surface area (Å²) in [6.07, 6.45) is 2.57. The molecule has 16 heavy (non-hydrogen) atoms. The normalized spacial score (nSPS) is 20.9. The van der Waals surface area contributed by atoms with E-state index < -0.39 is 0 Å². The van der Waals surface area contributed by atoms with Crippen LogP contribution in [0, 0.1) is 6.92 Å². The summed E-state index contributed by atoms with van der Waals surface area (Å²) in [5.74, 6) is 2.90. The summed E-state index contributed by atoms with van der Waals surface area (Å²) in [5.41, 5.74) is 2.21. The van der Waals surface area contributed by atoms with Gasteiger partial charge in [-0.05, 0) is 31.6 Å². The van der Waals surface area contributed by atoms with Gasteiger partial charge in [0.2, 0.25) is 0 Å². The molecule has 2 nitrogen and oxygen atoms in total. The minimum Gasteiger partial charge on any atom is -0.508 e. The standard InChI is InChI=1S/C13H19NOS/c1-10-4-5-13(15)11(7-10)8-14-12-3-2-6-16-9-12/h4-5,7,12,14-15H,2-3,6,8-9H2,1H3. The van der Waals surface area contributed by atoms with Gasteiger partial charge in [0, 0.05) is 23.9 Å². The lowest BCUT2D eigenvalue weighted by molar-refractivity contribution is 0.454. The fraction of sp³-hybridized carbons (Fsp3) is 0.538. The zero-order valence-corrected chi connectivity index (χ0v) is 10.5. The van der Waals surface area contributed by atoms with Crippen molar-refractivity contribution in [1.82, 2.24) is 5.32 Å². The van der Waals surface area contributed by atoms with Crippen LogP contribution >= 0.6 is 11.8 Å². The predicted molar refractivity (Wildman–Crippen MR) is 70.0 cm³/mol. The van der Waals surface area contributed by atoms with Crippen LogP contribution in [0.1, 0.15) is 24.0 Å². The Kier molecular flexibility index (Phi) is 4.13. The molecule has 88 valence electrons. The summed E-state index contributed by atoms with van der Waals surface area (Å²) in [4.78, 5) is 0. The van der Waals surface area contributed by atoms with Crippen molar-refractivity contribution in [3.8, 4) is 5.75 Å². The quantitative estimate of drug-likeness (QED) is 0.848. The topological polar surface area (TPSA) is 32.3 Å². The number of hydrogen-bond acceptors (Lipinski definition) is 3. The number of hydrogen-bond donors (Lipinski definition) is 2. The molecular weight excluding hydrogens is 218 g/mol. The van der Waals surface area contributed by atoms with Gasteiger partial charge in [-0.25, -0.2) is 0 Å². The summed E-state index contributed by atoms with van der Waals surface area (Å²) in [5, 5.41) is 13.2. The van der Waals surface area contributed by atoms with Crippen LogP contribution in [-0.2, 0) is 6.54 Å². The van der Waals surface area contributed by atoms with Gasteiger partial charge in [0.15, 0.2) is 0 Å². The van der Waals surface area contributed by atoms with Crippen molar-refractivity contribution in [2.24, 2.45) is 0 Å². The lowest BCUT2D eigenvalue weighted by atomic mass is 10.1. The summed E-state index contributed by atoms with van der Waals surface area (Å²) in [7, 11) is 0. The smallest absolute Gasteiger partial charge is 0.120 e. The zero-order chi connectivity index (χ0) is 11.4. The van der Waals surface area contributed by atoms with E-state index >= 15 is 0 Å². The van der Waals surface area contributed by atoms with Gasteiger partial charge in [-0.3, -0.25) is 0 Å². The van der Waals surface area contributed by atoms with E-state index in [1.807, 2.05) is 17.8 Å². The molecule has 1 aliphatic rings. The van der Waals surface area contributed by atoms with Crippen molar-refractivity contribution in [2.75, 3.05) is 11.5 Å². The minimum absolute atomic E-state index is 0.404. The number of aryl methyl sites for hydroxylation is 1. The third kappa shape index (κ3) is 3.16. The van der Waals surface area contributed by atoms with Crippen LogP contribution in [0.25, 0.3) is 0 Å². The SMILES string of the molecule is Cc1ccc(O)c(CNC2CCCSC2)c1. The Bertz CT molecular complexity index is 348. The van der Waals surface area contributed by atoms with Crippen molar-refractivity contribution in [3.05, 3.63) is 29.3 Å². The Balaban J connectivity index is 1.90. The van der Waals surface area contributed by atoms with Gasteiger partial charge in [-0.2, -0.15) is 11.8 Å². The maximum absolute atomic E-state index is 9.72. The van der Waals surface area contributed by atoms with Gasteiger partial charge < -0.3 is 10.4 Å². The highest BCUT2D eigenvalue weighted by atomic mass is 32.2. The fourth-order valence-corrected chi connectivity index (χ4v) is 3.12. The summed E-state index contributed by atoms with van der Waals surface area (Å²) in [6, 6.07) is 6.38. The molecule has 2 N–H and O–H groups in total. The molecule has 1 atom stereocenters. The predicted octanol–water partition coefficient (Wildman–Crippen LogP) is 2.69. The Morgan fingerprint density at radius 2 is 2.38 bits per heavy atom. The van der Waals surface area contributed by atoms with Crippen LogP contribution < -0.4 is 5.32 Å². The average molecular weight is 237 g/mol. The molecule has 3 heteroatoms. The second-order valence-corrected chi connectivity index (χ2v) is 5.58. The largest absolute Gasteiger partial charge is 0.508 e. The maximum Gasteiger partial charge on any atom is 0.120 e. The van der Waals surface area contributed by atoms with E-state index in [0.717, 1.165) is 12.1 Å². The Labute approximate surface area is 101 Å². The average Bonchev–Trinajstić information content (AvgIpc) is 2.32. The van der Waals surface area contributed by atoms with Gasteiger partial charge in [-0.1, -0.05) is 17.7 Å². The molecule has 0 spiro atoms. The number of rotatable bonds is 3. The Hall–Kier alpha value is -0.670. The first kappa shape index (κ1) is 11.8.